The van der Waals surface area contributed by atoms with Gasteiger partial charge in [-0.1, -0.05) is 6.42 Å². The molecule has 0 amide bonds. The lowest BCUT2D eigenvalue weighted by molar-refractivity contribution is 0.337. The molecule has 4 heteroatoms. The molecule has 0 radical (unpaired) electrons. The molecule has 0 aromatic carbocycles. The number of rotatable bonds is 5. The van der Waals surface area contributed by atoms with Gasteiger partial charge in [-0.25, -0.2) is 4.98 Å². The number of fused-ring (bicyclic) bond motifs is 2. The van der Waals surface area contributed by atoms with Crippen LogP contribution in [0.25, 0.3) is 0 Å². The van der Waals surface area contributed by atoms with E-state index in [2.05, 4.69) is 27.6 Å². The topological polar surface area (TPSA) is 28.2 Å². The van der Waals surface area contributed by atoms with Crippen molar-refractivity contribution in [2.24, 2.45) is 17.8 Å². The Balaban J connectivity index is 1.58. The lowest BCUT2D eigenvalue weighted by Gasteiger charge is -2.26. The van der Waals surface area contributed by atoms with E-state index in [1.807, 2.05) is 7.05 Å². The molecule has 1 heterocycles. The van der Waals surface area contributed by atoms with Gasteiger partial charge in [0.05, 0.1) is 5.69 Å². The first-order valence-corrected chi connectivity index (χ1v) is 7.94. The van der Waals surface area contributed by atoms with E-state index in [1.54, 1.807) is 11.3 Å². The van der Waals surface area contributed by atoms with Crippen LogP contribution in [-0.4, -0.2) is 25.6 Å². The zero-order valence-corrected chi connectivity index (χ0v) is 12.2. The molecule has 3 unspecified atom stereocenters. The Bertz CT molecular complexity index is 403. The molecule has 1 aromatic rings. The van der Waals surface area contributed by atoms with Crippen LogP contribution < -0.4 is 10.2 Å². The van der Waals surface area contributed by atoms with Crippen molar-refractivity contribution in [1.29, 1.82) is 0 Å². The number of anilines is 1. The molecule has 0 saturated heterocycles. The number of aromatic nitrogens is 1. The van der Waals surface area contributed by atoms with Crippen molar-refractivity contribution in [3.63, 3.8) is 0 Å². The van der Waals surface area contributed by atoms with Crippen LogP contribution in [0.5, 0.6) is 0 Å². The van der Waals surface area contributed by atoms with E-state index >= 15 is 0 Å². The van der Waals surface area contributed by atoms with Crippen LogP contribution in [0, 0.1) is 17.8 Å². The molecule has 2 aliphatic carbocycles. The van der Waals surface area contributed by atoms with E-state index in [4.69, 9.17) is 0 Å². The van der Waals surface area contributed by atoms with Crippen LogP contribution in [0.15, 0.2) is 5.38 Å². The lowest BCUT2D eigenvalue weighted by Crippen LogP contribution is -2.28. The minimum atomic E-state index is 0.873. The average Bonchev–Trinajstić information content (AvgIpc) is 3.04. The fourth-order valence-electron chi connectivity index (χ4n) is 3.76. The molecule has 2 saturated carbocycles. The summed E-state index contributed by atoms with van der Waals surface area (Å²) in [6, 6.07) is 0. The van der Waals surface area contributed by atoms with Crippen LogP contribution in [0.1, 0.15) is 31.4 Å². The summed E-state index contributed by atoms with van der Waals surface area (Å²) in [5, 5.41) is 6.51. The Labute approximate surface area is 114 Å². The van der Waals surface area contributed by atoms with Gasteiger partial charge in [-0.2, -0.15) is 0 Å². The molecule has 18 heavy (non-hydrogen) atoms. The van der Waals surface area contributed by atoms with E-state index in [0.29, 0.717) is 0 Å². The van der Waals surface area contributed by atoms with Gasteiger partial charge in [-0.05, 0) is 44.1 Å². The Kier molecular flexibility index (Phi) is 3.57. The molecule has 1 aromatic heterocycles. The highest BCUT2D eigenvalue weighted by Crippen LogP contribution is 2.48. The Morgan fingerprint density at radius 3 is 3.00 bits per heavy atom. The zero-order chi connectivity index (χ0) is 12.5. The van der Waals surface area contributed by atoms with Crippen molar-refractivity contribution >= 4 is 16.5 Å². The summed E-state index contributed by atoms with van der Waals surface area (Å²) in [7, 11) is 4.17. The van der Waals surface area contributed by atoms with Gasteiger partial charge >= 0.3 is 0 Å². The quantitative estimate of drug-likeness (QED) is 0.887. The molecule has 100 valence electrons. The maximum absolute atomic E-state index is 4.69. The third-order valence-corrected chi connectivity index (χ3v) is 5.62. The van der Waals surface area contributed by atoms with Gasteiger partial charge in [-0.15, -0.1) is 11.3 Å². The van der Waals surface area contributed by atoms with Gasteiger partial charge in [0.15, 0.2) is 5.13 Å². The van der Waals surface area contributed by atoms with Crippen molar-refractivity contribution in [3.8, 4) is 0 Å². The lowest BCUT2D eigenvalue weighted by atomic mass is 9.88. The van der Waals surface area contributed by atoms with Gasteiger partial charge < -0.3 is 10.2 Å². The third kappa shape index (κ3) is 2.41. The predicted molar refractivity (Wildman–Crippen MR) is 77.1 cm³/mol. The molecule has 2 fully saturated rings. The summed E-state index contributed by atoms with van der Waals surface area (Å²) in [4.78, 5) is 7.06. The minimum absolute atomic E-state index is 0.873. The molecule has 2 bridgehead atoms. The summed E-state index contributed by atoms with van der Waals surface area (Å²) in [6.45, 7) is 2.08. The second-order valence-corrected chi connectivity index (χ2v) is 6.80. The highest BCUT2D eigenvalue weighted by atomic mass is 32.1. The summed E-state index contributed by atoms with van der Waals surface area (Å²) < 4.78 is 0. The van der Waals surface area contributed by atoms with Crippen molar-refractivity contribution in [2.75, 3.05) is 25.5 Å². The van der Waals surface area contributed by atoms with Crippen LogP contribution >= 0.6 is 11.3 Å². The number of hydrogen-bond donors (Lipinski definition) is 1. The normalized spacial score (nSPS) is 30.0. The van der Waals surface area contributed by atoms with Gasteiger partial charge in [-0.3, -0.25) is 0 Å². The smallest absolute Gasteiger partial charge is 0.185 e. The summed E-state index contributed by atoms with van der Waals surface area (Å²) in [5.41, 5.74) is 1.16. The van der Waals surface area contributed by atoms with Gasteiger partial charge in [0.2, 0.25) is 0 Å². The second-order valence-electron chi connectivity index (χ2n) is 5.97. The van der Waals surface area contributed by atoms with Crippen molar-refractivity contribution in [3.05, 3.63) is 11.1 Å². The van der Waals surface area contributed by atoms with Crippen molar-refractivity contribution < 1.29 is 0 Å². The summed E-state index contributed by atoms with van der Waals surface area (Å²) in [5.74, 6) is 2.98. The molecule has 0 spiro atoms. The molecule has 2 aliphatic rings. The molecular formula is C14H23N3S. The van der Waals surface area contributed by atoms with Gasteiger partial charge in [0.1, 0.15) is 0 Å². The SMILES string of the molecule is CNCc1csc(N(C)CC2CC3CCC2C3)n1. The van der Waals surface area contributed by atoms with E-state index in [9.17, 15) is 0 Å². The second kappa shape index (κ2) is 5.17. The Morgan fingerprint density at radius 2 is 2.33 bits per heavy atom. The third-order valence-electron chi connectivity index (χ3n) is 4.62. The van der Waals surface area contributed by atoms with Crippen LogP contribution in [0.3, 0.4) is 0 Å². The van der Waals surface area contributed by atoms with Gasteiger partial charge in [0, 0.05) is 25.5 Å². The largest absolute Gasteiger partial charge is 0.351 e. The van der Waals surface area contributed by atoms with Gasteiger partial charge in [0.25, 0.3) is 0 Å². The summed E-state index contributed by atoms with van der Waals surface area (Å²) >= 11 is 1.78. The van der Waals surface area contributed by atoms with E-state index in [-0.39, 0.29) is 0 Å². The predicted octanol–water partition coefficient (Wildman–Crippen LogP) is 2.73. The first-order chi connectivity index (χ1) is 8.76. The molecule has 3 rings (SSSR count). The average molecular weight is 265 g/mol. The highest BCUT2D eigenvalue weighted by molar-refractivity contribution is 7.13. The van der Waals surface area contributed by atoms with E-state index in [1.165, 1.54) is 37.4 Å². The fourth-order valence-corrected chi connectivity index (χ4v) is 4.57. The first-order valence-electron chi connectivity index (χ1n) is 7.06. The van der Waals surface area contributed by atoms with E-state index in [0.717, 1.165) is 30.0 Å². The first kappa shape index (κ1) is 12.4. The van der Waals surface area contributed by atoms with Crippen LogP contribution in [0.2, 0.25) is 0 Å². The molecular weight excluding hydrogens is 242 g/mol. The van der Waals surface area contributed by atoms with Crippen LogP contribution in [0.4, 0.5) is 5.13 Å². The molecule has 0 aliphatic heterocycles. The number of thiazole rings is 1. The number of nitrogens with one attached hydrogen (secondary N) is 1. The number of hydrogen-bond acceptors (Lipinski definition) is 4. The summed E-state index contributed by atoms with van der Waals surface area (Å²) in [6.07, 6.45) is 5.94. The monoisotopic (exact) mass is 265 g/mol. The molecule has 1 N–H and O–H groups in total. The van der Waals surface area contributed by atoms with Crippen molar-refractivity contribution in [2.45, 2.75) is 32.2 Å². The molecule has 3 atom stereocenters. The maximum atomic E-state index is 4.69. The molecule has 3 nitrogen and oxygen atoms in total. The Morgan fingerprint density at radius 1 is 1.44 bits per heavy atom. The highest BCUT2D eigenvalue weighted by Gasteiger charge is 2.39. The van der Waals surface area contributed by atoms with Crippen LogP contribution in [-0.2, 0) is 6.54 Å². The minimum Gasteiger partial charge on any atom is -0.351 e. The van der Waals surface area contributed by atoms with Crippen molar-refractivity contribution in [1.82, 2.24) is 10.3 Å². The number of nitrogens with zero attached hydrogens (tertiary/aromatic N) is 2. The standard InChI is InChI=1S/C14H23N3S/c1-15-7-13-9-18-14(16-13)17(2)8-12-6-10-3-4-11(12)5-10/h9-12,15H,3-8H2,1-2H3. The van der Waals surface area contributed by atoms with E-state index < -0.39 is 0 Å². The maximum Gasteiger partial charge on any atom is 0.185 e. The Hall–Kier alpha value is -0.610. The zero-order valence-electron chi connectivity index (χ0n) is 11.4. The fraction of sp³-hybridized carbons (Fsp3) is 0.786.